The van der Waals surface area contributed by atoms with Gasteiger partial charge in [-0.05, 0) is 100 Å². The van der Waals surface area contributed by atoms with E-state index in [2.05, 4.69) is 64.1 Å². The molecule has 4 aromatic rings. The summed E-state index contributed by atoms with van der Waals surface area (Å²) in [7, 11) is 0. The third kappa shape index (κ3) is 6.96. The summed E-state index contributed by atoms with van der Waals surface area (Å²) in [5, 5.41) is 11.1. The molecule has 60 heavy (non-hydrogen) atoms. The maximum atomic E-state index is 16.0. The Morgan fingerprint density at radius 1 is 0.867 bits per heavy atom. The smallest absolute Gasteiger partial charge is 0.255 e. The molecule has 2 aromatic heterocycles. The number of piperazine rings is 1. The number of carbonyl (C=O) groups excluding carboxylic acids is 3. The lowest BCUT2D eigenvalue weighted by Gasteiger charge is -2.41. The fourth-order valence-corrected chi connectivity index (χ4v) is 10.9. The maximum absolute atomic E-state index is 16.0. The molecule has 5 saturated heterocycles. The average Bonchev–Trinajstić information content (AvgIpc) is 3.62. The highest BCUT2D eigenvalue weighted by Gasteiger charge is 2.45. The maximum Gasteiger partial charge on any atom is 0.255 e. The van der Waals surface area contributed by atoms with Crippen molar-refractivity contribution in [2.45, 2.75) is 95.0 Å². The van der Waals surface area contributed by atoms with Gasteiger partial charge in [-0.2, -0.15) is 5.10 Å². The van der Waals surface area contributed by atoms with E-state index in [0.29, 0.717) is 40.7 Å². The SMILES string of the molecule is CC1(Oc2ccc3[nH]nc(-c4cc(N5CCC(CN6C[C@@H]7C[C@H]6CN7CC6CCN(c7ccc8c(c7F)CN(C7CCC(=O)NC7=O)C8=O)CC6)CC5)ncn4)c3c2)CC1. The number of ether oxygens (including phenoxy) is 1. The zero-order valence-corrected chi connectivity index (χ0v) is 34.2. The molecule has 1 aliphatic carbocycles. The van der Waals surface area contributed by atoms with Crippen molar-refractivity contribution in [2.24, 2.45) is 11.8 Å². The monoisotopic (exact) mass is 816 g/mol. The topological polar surface area (TPSA) is 143 Å². The number of hydrogen-bond acceptors (Lipinski definition) is 11. The van der Waals surface area contributed by atoms with Crippen LogP contribution in [0.1, 0.15) is 80.6 Å². The molecule has 0 radical (unpaired) electrons. The lowest BCUT2D eigenvalue weighted by Crippen LogP contribution is -2.52. The number of hydrogen-bond donors (Lipinski definition) is 2. The number of nitrogens with one attached hydrogen (secondary N) is 2. The third-order valence-corrected chi connectivity index (χ3v) is 14.7. The molecule has 3 amide bonds. The first-order chi connectivity index (χ1) is 29.1. The van der Waals surface area contributed by atoms with E-state index in [1.165, 1.54) is 17.9 Å². The number of rotatable bonds is 10. The molecular formula is C45H53FN10O4. The number of aromatic amines is 1. The Kier molecular flexibility index (Phi) is 9.32. The van der Waals surface area contributed by atoms with E-state index in [9.17, 15) is 14.4 Å². The summed E-state index contributed by atoms with van der Waals surface area (Å²) >= 11 is 0. The Balaban J connectivity index is 0.644. The predicted molar refractivity (Wildman–Crippen MR) is 223 cm³/mol. The summed E-state index contributed by atoms with van der Waals surface area (Å²) in [6.45, 7) is 10.3. The van der Waals surface area contributed by atoms with Crippen molar-refractivity contribution in [3.63, 3.8) is 0 Å². The second-order valence-corrected chi connectivity index (χ2v) is 18.7. The molecule has 314 valence electrons. The third-order valence-electron chi connectivity index (χ3n) is 14.7. The average molecular weight is 817 g/mol. The molecule has 7 aliphatic rings. The lowest BCUT2D eigenvalue weighted by atomic mass is 9.94. The first kappa shape index (κ1) is 37.8. The van der Waals surface area contributed by atoms with E-state index in [-0.39, 0.29) is 42.6 Å². The van der Waals surface area contributed by atoms with Gasteiger partial charge in [0.1, 0.15) is 35.2 Å². The van der Waals surface area contributed by atoms with Crippen LogP contribution in [0.25, 0.3) is 22.3 Å². The minimum absolute atomic E-state index is 0.0435. The first-order valence-corrected chi connectivity index (χ1v) is 22.1. The van der Waals surface area contributed by atoms with Crippen molar-refractivity contribution >= 4 is 40.1 Å². The molecule has 0 spiro atoms. The van der Waals surface area contributed by atoms with E-state index in [1.54, 1.807) is 18.5 Å². The number of aromatic nitrogens is 4. The van der Waals surface area contributed by atoms with Gasteiger partial charge in [0.05, 0.1) is 23.4 Å². The zero-order valence-electron chi connectivity index (χ0n) is 34.2. The molecule has 6 aliphatic heterocycles. The van der Waals surface area contributed by atoms with E-state index in [1.807, 2.05) is 12.1 Å². The van der Waals surface area contributed by atoms with Crippen LogP contribution in [0.2, 0.25) is 0 Å². The van der Waals surface area contributed by atoms with Crippen LogP contribution in [0.5, 0.6) is 5.75 Å². The number of halogens is 1. The Labute approximate surface area is 348 Å². The van der Waals surface area contributed by atoms with Gasteiger partial charge in [0.2, 0.25) is 11.8 Å². The number of fused-ring (bicyclic) bond motifs is 4. The van der Waals surface area contributed by atoms with Gasteiger partial charge in [-0.3, -0.25) is 34.6 Å². The Hall–Kier alpha value is -5.15. The number of anilines is 2. The molecule has 1 unspecified atom stereocenters. The van der Waals surface area contributed by atoms with Crippen molar-refractivity contribution in [1.29, 1.82) is 0 Å². The summed E-state index contributed by atoms with van der Waals surface area (Å²) in [6, 6.07) is 12.1. The molecule has 2 aromatic carbocycles. The number of nitrogens with zero attached hydrogens (tertiary/aromatic N) is 8. The number of carbonyl (C=O) groups is 3. The van der Waals surface area contributed by atoms with E-state index in [4.69, 9.17) is 4.74 Å². The Morgan fingerprint density at radius 3 is 2.27 bits per heavy atom. The normalized spacial score (nSPS) is 26.1. The molecule has 8 heterocycles. The van der Waals surface area contributed by atoms with E-state index < -0.39 is 11.9 Å². The molecular weight excluding hydrogens is 764 g/mol. The second kappa shape index (κ2) is 14.8. The van der Waals surface area contributed by atoms with Crippen molar-refractivity contribution in [2.75, 3.05) is 62.2 Å². The predicted octanol–water partition coefficient (Wildman–Crippen LogP) is 4.74. The van der Waals surface area contributed by atoms with Crippen LogP contribution in [0, 0.1) is 17.7 Å². The summed E-state index contributed by atoms with van der Waals surface area (Å²) in [6.07, 6.45) is 9.86. The lowest BCUT2D eigenvalue weighted by molar-refractivity contribution is -0.136. The van der Waals surface area contributed by atoms with Crippen molar-refractivity contribution in [3.05, 3.63) is 59.7 Å². The number of piperidine rings is 3. The number of likely N-dealkylation sites (tertiary alicyclic amines) is 2. The van der Waals surface area contributed by atoms with Crippen molar-refractivity contribution in [1.82, 2.24) is 40.2 Å². The summed E-state index contributed by atoms with van der Waals surface area (Å²) < 4.78 is 22.2. The minimum Gasteiger partial charge on any atom is -0.488 e. The fraction of sp³-hybridized carbons (Fsp3) is 0.556. The first-order valence-electron chi connectivity index (χ1n) is 22.1. The van der Waals surface area contributed by atoms with Gasteiger partial charge in [0.25, 0.3) is 5.91 Å². The highest BCUT2D eigenvalue weighted by Crippen LogP contribution is 2.41. The van der Waals surface area contributed by atoms with Crippen LogP contribution in [0.4, 0.5) is 15.9 Å². The van der Waals surface area contributed by atoms with Crippen LogP contribution in [0.3, 0.4) is 0 Å². The van der Waals surface area contributed by atoms with Crippen LogP contribution in [-0.4, -0.2) is 129 Å². The minimum atomic E-state index is -0.750. The van der Waals surface area contributed by atoms with Crippen LogP contribution in [0.15, 0.2) is 42.7 Å². The highest BCUT2D eigenvalue weighted by atomic mass is 19.1. The number of benzene rings is 2. The molecule has 1 saturated carbocycles. The van der Waals surface area contributed by atoms with Crippen LogP contribution >= 0.6 is 0 Å². The molecule has 14 nitrogen and oxygen atoms in total. The largest absolute Gasteiger partial charge is 0.488 e. The van der Waals surface area contributed by atoms with Gasteiger partial charge in [0.15, 0.2) is 5.82 Å². The second-order valence-electron chi connectivity index (χ2n) is 18.7. The molecule has 11 rings (SSSR count). The van der Waals surface area contributed by atoms with E-state index in [0.717, 1.165) is 118 Å². The van der Waals surface area contributed by atoms with E-state index >= 15 is 4.39 Å². The van der Waals surface area contributed by atoms with Gasteiger partial charge >= 0.3 is 0 Å². The highest BCUT2D eigenvalue weighted by molar-refractivity contribution is 6.05. The summed E-state index contributed by atoms with van der Waals surface area (Å²) in [5.41, 5.74) is 3.78. The fourth-order valence-electron chi connectivity index (χ4n) is 10.9. The molecule has 6 fully saturated rings. The quantitative estimate of drug-likeness (QED) is 0.215. The Bertz CT molecular complexity index is 2350. The summed E-state index contributed by atoms with van der Waals surface area (Å²) in [4.78, 5) is 58.0. The number of imide groups is 1. The number of amides is 3. The zero-order chi connectivity index (χ0) is 40.7. The van der Waals surface area contributed by atoms with Crippen molar-refractivity contribution in [3.8, 4) is 17.1 Å². The standard InChI is InChI=1S/C45H53FN10O4/c1-45(12-13-45)60-31-2-4-35-33(19-31)42(51-50-35)36-20-39(48-26-47-36)53-16-10-28(11-17-53)22-55-24-29-18-30(55)23-54(29)21-27-8-14-52(15-9-27)37-5-3-32-34(41(37)46)25-56(44(32)59)38-6-7-40(57)49-43(38)58/h2-5,19-20,26-30,38H,6-18,21-25H2,1H3,(H,50,51)(H,49,57,58)/t29-,30-,38?/m0/s1. The molecule has 15 heteroatoms. The van der Waals surface area contributed by atoms with Crippen molar-refractivity contribution < 1.29 is 23.5 Å². The van der Waals surface area contributed by atoms with Gasteiger partial charge in [-0.25, -0.2) is 14.4 Å². The Morgan fingerprint density at radius 2 is 1.58 bits per heavy atom. The molecule has 3 atom stereocenters. The van der Waals surface area contributed by atoms with Crippen LogP contribution < -0.4 is 19.9 Å². The van der Waals surface area contributed by atoms with Crippen LogP contribution in [-0.2, 0) is 16.1 Å². The molecule has 2 N–H and O–H groups in total. The van der Waals surface area contributed by atoms with Gasteiger partial charge < -0.3 is 19.4 Å². The van der Waals surface area contributed by atoms with Gasteiger partial charge in [-0.1, -0.05) is 0 Å². The van der Waals surface area contributed by atoms with Gasteiger partial charge in [0, 0.05) is 93.4 Å². The summed E-state index contributed by atoms with van der Waals surface area (Å²) in [5.74, 6) is 1.57. The number of H-pyrrole nitrogens is 1. The molecule has 2 bridgehead atoms. The van der Waals surface area contributed by atoms with Gasteiger partial charge in [-0.15, -0.1) is 0 Å².